The number of thiophene rings is 1. The second-order valence-electron chi connectivity index (χ2n) is 4.17. The van der Waals surface area contributed by atoms with E-state index in [-0.39, 0.29) is 14.8 Å². The number of carbonyl (C=O) groups excluding carboxylic acids is 1. The number of nitrogens with zero attached hydrogens (tertiary/aromatic N) is 1. The Balaban J connectivity index is 2.28. The first-order valence-electron chi connectivity index (χ1n) is 6.09. The SMILES string of the molecule is CCCOc1sc(C(=O)Nc2nccs2)cc1S(C)(=O)=O. The van der Waals surface area contributed by atoms with Gasteiger partial charge in [0.2, 0.25) is 0 Å². The van der Waals surface area contributed by atoms with Crippen molar-refractivity contribution < 1.29 is 17.9 Å². The number of carbonyl (C=O) groups is 1. The Labute approximate surface area is 130 Å². The molecule has 2 aromatic rings. The fraction of sp³-hybridized carbons (Fsp3) is 0.333. The molecule has 21 heavy (non-hydrogen) atoms. The molecule has 0 aliphatic heterocycles. The van der Waals surface area contributed by atoms with E-state index in [1.165, 1.54) is 17.4 Å². The first-order chi connectivity index (χ1) is 9.91. The van der Waals surface area contributed by atoms with Gasteiger partial charge in [0.05, 0.1) is 11.5 Å². The zero-order valence-corrected chi connectivity index (χ0v) is 13.9. The van der Waals surface area contributed by atoms with E-state index < -0.39 is 15.7 Å². The van der Waals surface area contributed by atoms with Gasteiger partial charge in [-0.2, -0.15) is 0 Å². The summed E-state index contributed by atoms with van der Waals surface area (Å²) in [6.07, 6.45) is 3.42. The predicted molar refractivity (Wildman–Crippen MR) is 83.3 cm³/mol. The molecule has 0 aromatic carbocycles. The van der Waals surface area contributed by atoms with Crippen LogP contribution in [-0.4, -0.2) is 32.2 Å². The summed E-state index contributed by atoms with van der Waals surface area (Å²) in [4.78, 5) is 16.4. The van der Waals surface area contributed by atoms with Gasteiger partial charge < -0.3 is 4.74 Å². The lowest BCUT2D eigenvalue weighted by Crippen LogP contribution is -2.09. The molecule has 6 nitrogen and oxygen atoms in total. The quantitative estimate of drug-likeness (QED) is 0.869. The van der Waals surface area contributed by atoms with Crippen molar-refractivity contribution in [3.8, 4) is 5.06 Å². The van der Waals surface area contributed by atoms with Gasteiger partial charge in [0.15, 0.2) is 20.0 Å². The van der Waals surface area contributed by atoms with E-state index >= 15 is 0 Å². The molecule has 0 radical (unpaired) electrons. The predicted octanol–water partition coefficient (Wildman–Crippen LogP) is 2.65. The molecule has 0 bridgehead atoms. The Bertz CT molecular complexity index is 720. The summed E-state index contributed by atoms with van der Waals surface area (Å²) >= 11 is 2.31. The highest BCUT2D eigenvalue weighted by molar-refractivity contribution is 7.91. The minimum Gasteiger partial charge on any atom is -0.483 e. The number of rotatable bonds is 6. The fourth-order valence-electron chi connectivity index (χ4n) is 1.47. The van der Waals surface area contributed by atoms with Crippen molar-refractivity contribution in [2.24, 2.45) is 0 Å². The molecule has 114 valence electrons. The molecule has 2 heterocycles. The van der Waals surface area contributed by atoms with Gasteiger partial charge in [0.1, 0.15) is 4.90 Å². The number of thiazole rings is 1. The van der Waals surface area contributed by atoms with Crippen molar-refractivity contribution in [3.05, 3.63) is 22.5 Å². The molecule has 9 heteroatoms. The normalized spacial score (nSPS) is 11.3. The van der Waals surface area contributed by atoms with E-state index in [9.17, 15) is 13.2 Å². The average molecular weight is 346 g/mol. The number of hydrogen-bond acceptors (Lipinski definition) is 7. The van der Waals surface area contributed by atoms with Gasteiger partial charge in [-0.25, -0.2) is 13.4 Å². The molecule has 2 aromatic heterocycles. The van der Waals surface area contributed by atoms with Crippen molar-refractivity contribution >= 4 is 43.5 Å². The van der Waals surface area contributed by atoms with Gasteiger partial charge >= 0.3 is 0 Å². The summed E-state index contributed by atoms with van der Waals surface area (Å²) in [7, 11) is -3.45. The van der Waals surface area contributed by atoms with E-state index in [0.717, 1.165) is 24.0 Å². The summed E-state index contributed by atoms with van der Waals surface area (Å²) in [6.45, 7) is 2.32. The number of amides is 1. The summed E-state index contributed by atoms with van der Waals surface area (Å²) in [5.41, 5.74) is 0. The standard InChI is InChI=1S/C12H14N2O4S3/c1-3-5-18-11-9(21(2,16)17)7-8(20-11)10(15)14-12-13-4-6-19-12/h4,6-7H,3,5H2,1-2H3,(H,13,14,15). The van der Waals surface area contributed by atoms with Gasteiger partial charge in [0.25, 0.3) is 5.91 Å². The monoisotopic (exact) mass is 346 g/mol. The number of anilines is 1. The third-order valence-corrected chi connectivity index (χ3v) is 5.35. The molecule has 0 atom stereocenters. The van der Waals surface area contributed by atoms with E-state index in [1.807, 2.05) is 6.92 Å². The van der Waals surface area contributed by atoms with Crippen LogP contribution in [0.5, 0.6) is 5.06 Å². The van der Waals surface area contributed by atoms with E-state index in [0.29, 0.717) is 11.7 Å². The third kappa shape index (κ3) is 4.02. The Kier molecular flexibility index (Phi) is 4.96. The molecule has 1 N–H and O–H groups in total. The smallest absolute Gasteiger partial charge is 0.267 e. The maximum absolute atomic E-state index is 12.1. The van der Waals surface area contributed by atoms with E-state index in [1.54, 1.807) is 11.6 Å². The maximum Gasteiger partial charge on any atom is 0.267 e. The highest BCUT2D eigenvalue weighted by Crippen LogP contribution is 2.34. The van der Waals surface area contributed by atoms with Crippen LogP contribution in [0.2, 0.25) is 0 Å². The van der Waals surface area contributed by atoms with Crippen LogP contribution in [0.25, 0.3) is 0 Å². The zero-order chi connectivity index (χ0) is 15.5. The van der Waals surface area contributed by atoms with Crippen LogP contribution in [0.15, 0.2) is 22.5 Å². The van der Waals surface area contributed by atoms with Crippen molar-refractivity contribution in [3.63, 3.8) is 0 Å². The van der Waals surface area contributed by atoms with Crippen molar-refractivity contribution in [2.75, 3.05) is 18.2 Å². The van der Waals surface area contributed by atoms with Gasteiger partial charge in [-0.3, -0.25) is 10.1 Å². The lowest BCUT2D eigenvalue weighted by molar-refractivity contribution is 0.103. The fourth-order valence-corrected chi connectivity index (χ4v) is 4.16. The Morgan fingerprint density at radius 2 is 2.24 bits per heavy atom. The molecule has 0 saturated heterocycles. The summed E-state index contributed by atoms with van der Waals surface area (Å²) in [6, 6.07) is 1.34. The highest BCUT2D eigenvalue weighted by atomic mass is 32.2. The summed E-state index contributed by atoms with van der Waals surface area (Å²) in [5.74, 6) is -0.397. The van der Waals surface area contributed by atoms with Gasteiger partial charge in [0, 0.05) is 17.8 Å². The van der Waals surface area contributed by atoms with Crippen LogP contribution >= 0.6 is 22.7 Å². The van der Waals surface area contributed by atoms with Gasteiger partial charge in [-0.15, -0.1) is 11.3 Å². The van der Waals surface area contributed by atoms with E-state index in [4.69, 9.17) is 4.74 Å². The molecule has 2 rings (SSSR count). The molecule has 1 amide bonds. The van der Waals surface area contributed by atoms with Crippen LogP contribution in [0.4, 0.5) is 5.13 Å². The third-order valence-electron chi connectivity index (χ3n) is 2.38. The second-order valence-corrected chi connectivity index (χ2v) is 8.07. The Morgan fingerprint density at radius 3 is 2.81 bits per heavy atom. The topological polar surface area (TPSA) is 85.4 Å². The highest BCUT2D eigenvalue weighted by Gasteiger charge is 2.22. The van der Waals surface area contributed by atoms with Crippen molar-refractivity contribution in [1.82, 2.24) is 4.98 Å². The minimum absolute atomic E-state index is 0.0465. The molecular weight excluding hydrogens is 332 g/mol. The molecule has 0 aliphatic carbocycles. The van der Waals surface area contributed by atoms with Crippen LogP contribution < -0.4 is 10.1 Å². The molecule has 0 fully saturated rings. The Morgan fingerprint density at radius 1 is 1.48 bits per heavy atom. The number of ether oxygens (including phenoxy) is 1. The molecule has 0 spiro atoms. The molecular formula is C12H14N2O4S3. The number of sulfone groups is 1. The van der Waals surface area contributed by atoms with Crippen LogP contribution in [0, 0.1) is 0 Å². The first-order valence-corrected chi connectivity index (χ1v) is 9.68. The second kappa shape index (κ2) is 6.54. The first kappa shape index (κ1) is 15.9. The van der Waals surface area contributed by atoms with Crippen molar-refractivity contribution in [1.29, 1.82) is 0 Å². The Hall–Kier alpha value is -1.45. The largest absolute Gasteiger partial charge is 0.483 e. The lowest BCUT2D eigenvalue weighted by Gasteiger charge is -2.03. The summed E-state index contributed by atoms with van der Waals surface area (Å²) < 4.78 is 28.9. The maximum atomic E-state index is 12.1. The lowest BCUT2D eigenvalue weighted by atomic mass is 10.4. The van der Waals surface area contributed by atoms with Crippen LogP contribution in [0.1, 0.15) is 23.0 Å². The van der Waals surface area contributed by atoms with E-state index in [2.05, 4.69) is 10.3 Å². The van der Waals surface area contributed by atoms with Crippen LogP contribution in [0.3, 0.4) is 0 Å². The summed E-state index contributed by atoms with van der Waals surface area (Å²) in [5, 5.41) is 5.07. The van der Waals surface area contributed by atoms with Gasteiger partial charge in [-0.05, 0) is 12.5 Å². The van der Waals surface area contributed by atoms with Crippen LogP contribution in [-0.2, 0) is 9.84 Å². The number of nitrogens with one attached hydrogen (secondary N) is 1. The minimum atomic E-state index is -3.45. The van der Waals surface area contributed by atoms with Crippen molar-refractivity contribution in [2.45, 2.75) is 18.2 Å². The molecule has 0 aliphatic rings. The number of aromatic nitrogens is 1. The van der Waals surface area contributed by atoms with Gasteiger partial charge in [-0.1, -0.05) is 18.3 Å². The molecule has 0 saturated carbocycles. The number of hydrogen-bond donors (Lipinski definition) is 1. The zero-order valence-electron chi connectivity index (χ0n) is 11.5. The molecule has 0 unspecified atom stereocenters. The average Bonchev–Trinajstić information content (AvgIpc) is 3.04.